The lowest BCUT2D eigenvalue weighted by Gasteiger charge is -2.32. The van der Waals surface area contributed by atoms with E-state index in [1.165, 1.54) is 0 Å². The van der Waals surface area contributed by atoms with E-state index in [4.69, 9.17) is 9.31 Å². The molecular formula is C18H24BF2NO3. The number of carbonyl (C=O) groups is 1. The zero-order valence-electron chi connectivity index (χ0n) is 15.1. The van der Waals surface area contributed by atoms with Gasteiger partial charge in [0.1, 0.15) is 11.6 Å². The van der Waals surface area contributed by atoms with Gasteiger partial charge in [0.25, 0.3) is 0 Å². The van der Waals surface area contributed by atoms with Crippen molar-refractivity contribution in [2.24, 2.45) is 5.92 Å². The third-order valence-electron chi connectivity index (χ3n) is 5.31. The third-order valence-corrected chi connectivity index (χ3v) is 5.31. The maximum Gasteiger partial charge on any atom is 0.497 e. The Morgan fingerprint density at radius 3 is 2.32 bits per heavy atom. The van der Waals surface area contributed by atoms with Gasteiger partial charge < -0.3 is 14.6 Å². The molecule has 2 fully saturated rings. The highest BCUT2D eigenvalue weighted by Gasteiger charge is 2.52. The van der Waals surface area contributed by atoms with Crippen molar-refractivity contribution < 1.29 is 22.9 Å². The number of hydrogen-bond donors (Lipinski definition) is 1. The zero-order chi connectivity index (χ0) is 18.4. The molecule has 0 bridgehead atoms. The van der Waals surface area contributed by atoms with E-state index in [2.05, 4.69) is 5.32 Å². The van der Waals surface area contributed by atoms with Gasteiger partial charge in [0.15, 0.2) is 0 Å². The summed E-state index contributed by atoms with van der Waals surface area (Å²) in [7, 11) is -0.975. The van der Waals surface area contributed by atoms with E-state index in [0.717, 1.165) is 25.0 Å². The van der Waals surface area contributed by atoms with Crippen LogP contribution in [0.15, 0.2) is 12.1 Å². The minimum absolute atomic E-state index is 0.0123. The van der Waals surface area contributed by atoms with Crippen molar-refractivity contribution in [2.75, 3.05) is 6.54 Å². The molecule has 1 aromatic carbocycles. The van der Waals surface area contributed by atoms with Crippen LogP contribution in [0.1, 0.15) is 46.1 Å². The van der Waals surface area contributed by atoms with Crippen LogP contribution >= 0.6 is 0 Å². The largest absolute Gasteiger partial charge is 0.497 e. The highest BCUT2D eigenvalue weighted by molar-refractivity contribution is 6.62. The minimum atomic E-state index is -0.975. The molecule has 0 aromatic heterocycles. The molecule has 136 valence electrons. The van der Waals surface area contributed by atoms with Crippen molar-refractivity contribution in [2.45, 2.75) is 58.2 Å². The molecule has 1 saturated carbocycles. The van der Waals surface area contributed by atoms with Crippen LogP contribution < -0.4 is 10.8 Å². The topological polar surface area (TPSA) is 47.6 Å². The Labute approximate surface area is 147 Å². The fourth-order valence-corrected chi connectivity index (χ4v) is 2.71. The fraction of sp³-hybridized carbons (Fsp3) is 0.611. The van der Waals surface area contributed by atoms with Crippen LogP contribution in [0.2, 0.25) is 0 Å². The molecule has 0 radical (unpaired) electrons. The molecule has 25 heavy (non-hydrogen) atoms. The molecule has 2 aliphatic rings. The van der Waals surface area contributed by atoms with Crippen LogP contribution in [-0.4, -0.2) is 30.8 Å². The molecule has 1 aliphatic heterocycles. The van der Waals surface area contributed by atoms with E-state index in [1.54, 1.807) is 0 Å². The van der Waals surface area contributed by atoms with Gasteiger partial charge in [-0.1, -0.05) is 0 Å². The Bertz CT molecular complexity index is 673. The lowest BCUT2D eigenvalue weighted by atomic mass is 9.78. The lowest BCUT2D eigenvalue weighted by molar-refractivity contribution is -0.120. The van der Waals surface area contributed by atoms with E-state index < -0.39 is 30.0 Å². The summed E-state index contributed by atoms with van der Waals surface area (Å²) in [6, 6.07) is 2.13. The van der Waals surface area contributed by atoms with Gasteiger partial charge in [0.2, 0.25) is 5.91 Å². The van der Waals surface area contributed by atoms with Crippen LogP contribution in [-0.2, 0) is 20.5 Å². The van der Waals surface area contributed by atoms with E-state index >= 15 is 0 Å². The van der Waals surface area contributed by atoms with Gasteiger partial charge in [-0.05, 0) is 64.2 Å². The summed E-state index contributed by atoms with van der Waals surface area (Å²) in [6.45, 7) is 7.99. The van der Waals surface area contributed by atoms with Crippen LogP contribution in [0.5, 0.6) is 0 Å². The van der Waals surface area contributed by atoms with Gasteiger partial charge in [0.05, 0.1) is 17.6 Å². The first-order chi connectivity index (χ1) is 11.6. The number of amides is 1. The Kier molecular flexibility index (Phi) is 4.66. The fourth-order valence-electron chi connectivity index (χ4n) is 2.71. The molecule has 0 spiro atoms. The second kappa shape index (κ2) is 6.36. The van der Waals surface area contributed by atoms with E-state index in [9.17, 15) is 13.6 Å². The van der Waals surface area contributed by atoms with Crippen LogP contribution in [0.3, 0.4) is 0 Å². The van der Waals surface area contributed by atoms with Crippen LogP contribution in [0, 0.1) is 17.6 Å². The van der Waals surface area contributed by atoms with Crippen molar-refractivity contribution in [1.82, 2.24) is 5.32 Å². The smallest absolute Gasteiger partial charge is 0.399 e. The van der Waals surface area contributed by atoms with Crippen molar-refractivity contribution in [3.05, 3.63) is 29.3 Å². The van der Waals surface area contributed by atoms with Gasteiger partial charge in [-0.2, -0.15) is 0 Å². The average Bonchev–Trinajstić information content (AvgIpc) is 3.28. The molecule has 1 aromatic rings. The predicted molar refractivity (Wildman–Crippen MR) is 91.5 cm³/mol. The lowest BCUT2D eigenvalue weighted by Crippen LogP contribution is -2.41. The summed E-state index contributed by atoms with van der Waals surface area (Å²) in [5.41, 5.74) is -1.23. The quantitative estimate of drug-likeness (QED) is 0.829. The molecule has 0 unspecified atom stereocenters. The predicted octanol–water partition coefficient (Wildman–Crippen LogP) is 2.33. The van der Waals surface area contributed by atoms with E-state index in [0.29, 0.717) is 12.5 Å². The van der Waals surface area contributed by atoms with E-state index in [1.807, 2.05) is 27.7 Å². The Morgan fingerprint density at radius 1 is 1.16 bits per heavy atom. The van der Waals surface area contributed by atoms with Gasteiger partial charge in [-0.15, -0.1) is 0 Å². The Hall–Kier alpha value is -1.47. The first-order valence-electron chi connectivity index (χ1n) is 8.69. The zero-order valence-corrected chi connectivity index (χ0v) is 15.1. The molecule has 0 atom stereocenters. The average molecular weight is 351 g/mol. The molecule has 7 heteroatoms. The van der Waals surface area contributed by atoms with Crippen molar-refractivity contribution in [3.8, 4) is 0 Å². The minimum Gasteiger partial charge on any atom is -0.399 e. The summed E-state index contributed by atoms with van der Waals surface area (Å²) in [5.74, 6) is -1.03. The maximum absolute atomic E-state index is 14.5. The second-order valence-corrected chi connectivity index (χ2v) is 7.98. The molecule has 1 N–H and O–H groups in total. The molecule has 1 amide bonds. The molecule has 3 rings (SSSR count). The monoisotopic (exact) mass is 351 g/mol. The second-order valence-electron chi connectivity index (χ2n) is 7.98. The maximum atomic E-state index is 14.5. The highest BCUT2D eigenvalue weighted by Crippen LogP contribution is 2.36. The highest BCUT2D eigenvalue weighted by atomic mass is 19.1. The van der Waals surface area contributed by atoms with Crippen molar-refractivity contribution in [1.29, 1.82) is 0 Å². The molecule has 1 heterocycles. The number of nitrogens with one attached hydrogen (secondary N) is 1. The number of hydrogen-bond acceptors (Lipinski definition) is 3. The third kappa shape index (κ3) is 3.87. The van der Waals surface area contributed by atoms with Crippen LogP contribution in [0.4, 0.5) is 8.78 Å². The number of halogens is 2. The molecule has 1 aliphatic carbocycles. The summed E-state index contributed by atoms with van der Waals surface area (Å²) in [4.78, 5) is 11.9. The molecule has 4 nitrogen and oxygen atoms in total. The van der Waals surface area contributed by atoms with Crippen LogP contribution in [0.25, 0.3) is 0 Å². The van der Waals surface area contributed by atoms with Gasteiger partial charge in [-0.3, -0.25) is 4.79 Å². The van der Waals surface area contributed by atoms with Gasteiger partial charge in [0, 0.05) is 12.0 Å². The first-order valence-corrected chi connectivity index (χ1v) is 8.69. The summed E-state index contributed by atoms with van der Waals surface area (Å²) >= 11 is 0. The first kappa shape index (κ1) is 18.3. The number of rotatable bonds is 5. The number of benzene rings is 1. The summed E-state index contributed by atoms with van der Waals surface area (Å²) in [5, 5.41) is 2.75. The number of carbonyl (C=O) groups excluding carboxylic acids is 1. The molecule has 1 saturated heterocycles. The van der Waals surface area contributed by atoms with E-state index in [-0.39, 0.29) is 23.4 Å². The van der Waals surface area contributed by atoms with Crippen molar-refractivity contribution >= 4 is 18.5 Å². The Balaban J connectivity index is 1.73. The summed E-state index contributed by atoms with van der Waals surface area (Å²) < 4.78 is 40.4. The Morgan fingerprint density at radius 2 is 1.76 bits per heavy atom. The standard InChI is InChI=1S/C18H24BF2NO3/c1-17(2)18(3,4)25-19(24-17)13-9-14(20)12(7-15(13)21)8-16(23)22-10-11-5-6-11/h7,9,11H,5-6,8,10H2,1-4H3,(H,22,23). The van der Waals surface area contributed by atoms with Gasteiger partial charge in [-0.25, -0.2) is 8.78 Å². The normalized spacial score (nSPS) is 21.4. The summed E-state index contributed by atoms with van der Waals surface area (Å²) in [6.07, 6.45) is 2.05. The molecular weight excluding hydrogens is 327 g/mol. The van der Waals surface area contributed by atoms with Crippen molar-refractivity contribution in [3.63, 3.8) is 0 Å². The van der Waals surface area contributed by atoms with Gasteiger partial charge >= 0.3 is 7.12 Å². The SMILES string of the molecule is CC1(C)OB(c2cc(F)c(CC(=O)NCC3CC3)cc2F)OC1(C)C.